The molecule has 0 aromatic heterocycles. The van der Waals surface area contributed by atoms with E-state index in [0.29, 0.717) is 31.4 Å². The van der Waals surface area contributed by atoms with Crippen molar-refractivity contribution in [3.63, 3.8) is 0 Å². The molecule has 1 heterocycles. The molecule has 140 valence electrons. The molecule has 1 atom stereocenters. The maximum Gasteiger partial charge on any atom is 0.243 e. The topological polar surface area (TPSA) is 81.8 Å². The number of amides is 1. The first kappa shape index (κ1) is 19.8. The minimum atomic E-state index is -3.47. The molecule has 2 rings (SSSR count). The van der Waals surface area contributed by atoms with Gasteiger partial charge < -0.3 is 10.6 Å². The molecule has 8 heteroatoms. The number of nitrogens with zero attached hydrogens (tertiary/aromatic N) is 2. The number of rotatable bonds is 7. The van der Waals surface area contributed by atoms with E-state index in [9.17, 15) is 13.2 Å². The number of carbonyl (C=O) groups excluding carboxylic acids is 1. The van der Waals surface area contributed by atoms with Gasteiger partial charge in [-0.15, -0.1) is 0 Å². The monoisotopic (exact) mass is 368 g/mol. The summed E-state index contributed by atoms with van der Waals surface area (Å²) in [6.45, 7) is 9.52. The first-order chi connectivity index (χ1) is 11.9. The van der Waals surface area contributed by atoms with Crippen molar-refractivity contribution in [1.82, 2.24) is 14.5 Å². The average molecular weight is 369 g/mol. The third-order valence-corrected chi connectivity index (χ3v) is 6.53. The Morgan fingerprint density at radius 2 is 1.92 bits per heavy atom. The Bertz CT molecular complexity index is 672. The van der Waals surface area contributed by atoms with Gasteiger partial charge in [-0.25, -0.2) is 8.42 Å². The number of sulfonamides is 1. The van der Waals surface area contributed by atoms with E-state index in [1.807, 2.05) is 13.8 Å². The highest BCUT2D eigenvalue weighted by Gasteiger charge is 2.22. The smallest absolute Gasteiger partial charge is 0.243 e. The zero-order valence-electron chi connectivity index (χ0n) is 15.2. The number of piperazine rings is 1. The molecule has 0 radical (unpaired) electrons. The van der Waals surface area contributed by atoms with E-state index in [0.717, 1.165) is 19.6 Å². The van der Waals surface area contributed by atoms with Crippen LogP contribution in [0.3, 0.4) is 0 Å². The zero-order valence-corrected chi connectivity index (χ0v) is 16.0. The van der Waals surface area contributed by atoms with Gasteiger partial charge in [-0.05, 0) is 31.2 Å². The Balaban J connectivity index is 1.99. The van der Waals surface area contributed by atoms with Crippen LogP contribution in [0.15, 0.2) is 29.2 Å². The summed E-state index contributed by atoms with van der Waals surface area (Å²) in [5.74, 6) is -0.0897. The molecule has 1 amide bonds. The van der Waals surface area contributed by atoms with E-state index in [1.54, 1.807) is 12.1 Å². The highest BCUT2D eigenvalue weighted by molar-refractivity contribution is 7.89. The summed E-state index contributed by atoms with van der Waals surface area (Å²) >= 11 is 0. The highest BCUT2D eigenvalue weighted by atomic mass is 32.2. The molecule has 1 aliphatic heterocycles. The lowest BCUT2D eigenvalue weighted by Gasteiger charge is -2.33. The lowest BCUT2D eigenvalue weighted by molar-refractivity contribution is -0.118. The standard InChI is InChI=1S/C17H28N4O3S/c1-4-21(5-2)25(23,24)16-8-6-15(7-9-16)19-17(22)13-20-11-10-18-12-14(20)3/h6-9,14,18H,4-5,10-13H2,1-3H3,(H,19,22)/t14-/m1/s1. The minimum absolute atomic E-state index is 0.0897. The second-order valence-corrected chi connectivity index (χ2v) is 8.12. The van der Waals surface area contributed by atoms with Crippen molar-refractivity contribution in [2.24, 2.45) is 0 Å². The van der Waals surface area contributed by atoms with Crippen molar-refractivity contribution >= 4 is 21.6 Å². The Hall–Kier alpha value is -1.48. The second kappa shape index (κ2) is 8.75. The van der Waals surface area contributed by atoms with Gasteiger partial charge in [0.15, 0.2) is 0 Å². The Morgan fingerprint density at radius 3 is 2.48 bits per heavy atom. The van der Waals surface area contributed by atoms with E-state index in [2.05, 4.69) is 22.5 Å². The number of hydrogen-bond acceptors (Lipinski definition) is 5. The summed E-state index contributed by atoms with van der Waals surface area (Å²) in [5.41, 5.74) is 0.603. The van der Waals surface area contributed by atoms with Crippen molar-refractivity contribution in [1.29, 1.82) is 0 Å². The number of nitrogens with one attached hydrogen (secondary N) is 2. The predicted molar refractivity (Wildman–Crippen MR) is 99.1 cm³/mol. The average Bonchev–Trinajstić information content (AvgIpc) is 2.58. The van der Waals surface area contributed by atoms with Crippen LogP contribution in [0.4, 0.5) is 5.69 Å². The summed E-state index contributed by atoms with van der Waals surface area (Å²) in [6, 6.07) is 6.67. The van der Waals surface area contributed by atoms with Gasteiger partial charge in [-0.2, -0.15) is 4.31 Å². The molecule has 1 aromatic rings. The third kappa shape index (κ3) is 5.01. The first-order valence-corrected chi connectivity index (χ1v) is 10.2. The molecule has 1 saturated heterocycles. The van der Waals surface area contributed by atoms with Crippen molar-refractivity contribution in [3.05, 3.63) is 24.3 Å². The van der Waals surface area contributed by atoms with Crippen LogP contribution in [0.25, 0.3) is 0 Å². The van der Waals surface area contributed by atoms with Crippen LogP contribution in [0.1, 0.15) is 20.8 Å². The maximum absolute atomic E-state index is 12.5. The number of benzene rings is 1. The quantitative estimate of drug-likeness (QED) is 0.749. The van der Waals surface area contributed by atoms with Gasteiger partial charge in [0.1, 0.15) is 0 Å². The second-order valence-electron chi connectivity index (χ2n) is 6.19. The molecule has 1 fully saturated rings. The van der Waals surface area contributed by atoms with Crippen LogP contribution in [-0.2, 0) is 14.8 Å². The fraction of sp³-hybridized carbons (Fsp3) is 0.588. The Morgan fingerprint density at radius 1 is 1.28 bits per heavy atom. The van der Waals surface area contributed by atoms with Gasteiger partial charge >= 0.3 is 0 Å². The van der Waals surface area contributed by atoms with Crippen LogP contribution >= 0.6 is 0 Å². The molecule has 1 aliphatic rings. The van der Waals surface area contributed by atoms with Gasteiger partial charge in [-0.3, -0.25) is 9.69 Å². The molecule has 7 nitrogen and oxygen atoms in total. The lowest BCUT2D eigenvalue weighted by Crippen LogP contribution is -2.51. The summed E-state index contributed by atoms with van der Waals surface area (Å²) in [6.07, 6.45) is 0. The van der Waals surface area contributed by atoms with Gasteiger partial charge in [0, 0.05) is 44.5 Å². The van der Waals surface area contributed by atoms with Gasteiger partial charge in [-0.1, -0.05) is 13.8 Å². The van der Waals surface area contributed by atoms with Crippen LogP contribution < -0.4 is 10.6 Å². The number of carbonyl (C=O) groups is 1. The zero-order chi connectivity index (χ0) is 18.4. The Labute approximate surface area is 150 Å². The SMILES string of the molecule is CCN(CC)S(=O)(=O)c1ccc(NC(=O)CN2CCNC[C@H]2C)cc1. The summed E-state index contributed by atoms with van der Waals surface area (Å²) < 4.78 is 26.3. The molecule has 2 N–H and O–H groups in total. The van der Waals surface area contributed by atoms with E-state index in [-0.39, 0.29) is 10.8 Å². The van der Waals surface area contributed by atoms with Gasteiger partial charge in [0.2, 0.25) is 15.9 Å². The van der Waals surface area contributed by atoms with E-state index in [1.165, 1.54) is 16.4 Å². The van der Waals surface area contributed by atoms with E-state index >= 15 is 0 Å². The summed E-state index contributed by atoms with van der Waals surface area (Å²) in [4.78, 5) is 14.6. The van der Waals surface area contributed by atoms with Crippen LogP contribution in [0, 0.1) is 0 Å². The summed E-state index contributed by atoms with van der Waals surface area (Å²) in [5, 5.41) is 6.13. The molecule has 0 unspecified atom stereocenters. The molecular formula is C17H28N4O3S. The molecule has 25 heavy (non-hydrogen) atoms. The minimum Gasteiger partial charge on any atom is -0.325 e. The first-order valence-electron chi connectivity index (χ1n) is 8.73. The highest BCUT2D eigenvalue weighted by Crippen LogP contribution is 2.18. The van der Waals surface area contributed by atoms with Crippen molar-refractivity contribution < 1.29 is 13.2 Å². The fourth-order valence-electron chi connectivity index (χ4n) is 2.93. The van der Waals surface area contributed by atoms with Crippen molar-refractivity contribution in [3.8, 4) is 0 Å². The normalized spacial score (nSPS) is 19.1. The van der Waals surface area contributed by atoms with Crippen LogP contribution in [0.2, 0.25) is 0 Å². The third-order valence-electron chi connectivity index (χ3n) is 4.47. The lowest BCUT2D eigenvalue weighted by atomic mass is 10.2. The molecular weight excluding hydrogens is 340 g/mol. The molecule has 0 aliphatic carbocycles. The number of anilines is 1. The Kier molecular flexibility index (Phi) is 6.95. The molecule has 0 bridgehead atoms. The van der Waals surface area contributed by atoms with Crippen LogP contribution in [-0.4, -0.2) is 68.8 Å². The van der Waals surface area contributed by atoms with E-state index < -0.39 is 10.0 Å². The molecule has 1 aromatic carbocycles. The maximum atomic E-state index is 12.5. The fourth-order valence-corrected chi connectivity index (χ4v) is 4.38. The van der Waals surface area contributed by atoms with Gasteiger partial charge in [0.05, 0.1) is 11.4 Å². The van der Waals surface area contributed by atoms with Crippen LogP contribution in [0.5, 0.6) is 0 Å². The summed E-state index contributed by atoms with van der Waals surface area (Å²) in [7, 11) is -3.47. The van der Waals surface area contributed by atoms with E-state index in [4.69, 9.17) is 0 Å². The largest absolute Gasteiger partial charge is 0.325 e. The molecule has 0 saturated carbocycles. The van der Waals surface area contributed by atoms with Crippen molar-refractivity contribution in [2.75, 3.05) is 44.6 Å². The predicted octanol–water partition coefficient (Wildman–Crippen LogP) is 0.949. The number of hydrogen-bond donors (Lipinski definition) is 2. The molecule has 0 spiro atoms. The van der Waals surface area contributed by atoms with Gasteiger partial charge in [0.25, 0.3) is 0 Å². The van der Waals surface area contributed by atoms with Crippen molar-refractivity contribution in [2.45, 2.75) is 31.7 Å².